The van der Waals surface area contributed by atoms with Gasteiger partial charge in [-0.1, -0.05) is 13.8 Å². The molecule has 0 spiro atoms. The summed E-state index contributed by atoms with van der Waals surface area (Å²) in [7, 11) is 2.09. The lowest BCUT2D eigenvalue weighted by atomic mass is 9.89. The van der Waals surface area contributed by atoms with Crippen LogP contribution in [0.1, 0.15) is 26.7 Å². The number of halogens is 1. The Kier molecular flexibility index (Phi) is 2.88. The van der Waals surface area contributed by atoms with Crippen molar-refractivity contribution >= 4 is 0 Å². The second-order valence-corrected chi connectivity index (χ2v) is 4.06. The van der Waals surface area contributed by atoms with Gasteiger partial charge in [0.1, 0.15) is 6.17 Å². The Morgan fingerprint density at radius 1 is 1.45 bits per heavy atom. The monoisotopic (exact) mass is 159 g/mol. The molecule has 11 heavy (non-hydrogen) atoms. The molecule has 0 bridgehead atoms. The van der Waals surface area contributed by atoms with Gasteiger partial charge in [-0.15, -0.1) is 0 Å². The summed E-state index contributed by atoms with van der Waals surface area (Å²) in [6.45, 7) is 5.49. The van der Waals surface area contributed by atoms with E-state index in [9.17, 15) is 4.39 Å². The molecule has 1 saturated carbocycles. The molecule has 2 heteroatoms. The molecule has 0 aromatic heterocycles. The predicted octanol–water partition coefficient (Wildman–Crippen LogP) is 2.07. The molecule has 0 aromatic carbocycles. The molecular weight excluding hydrogens is 141 g/mol. The van der Waals surface area contributed by atoms with Crippen LogP contribution < -0.4 is 0 Å². The third kappa shape index (κ3) is 2.44. The van der Waals surface area contributed by atoms with Crippen molar-refractivity contribution in [3.05, 3.63) is 0 Å². The van der Waals surface area contributed by atoms with Gasteiger partial charge >= 0.3 is 0 Å². The van der Waals surface area contributed by atoms with Crippen molar-refractivity contribution in [2.45, 2.75) is 38.9 Å². The summed E-state index contributed by atoms with van der Waals surface area (Å²) >= 11 is 0. The van der Waals surface area contributed by atoms with Gasteiger partial charge in [0.25, 0.3) is 0 Å². The average Bonchev–Trinajstić information content (AvgIpc) is 1.79. The summed E-state index contributed by atoms with van der Waals surface area (Å²) in [6.07, 6.45) is 0.988. The van der Waals surface area contributed by atoms with Gasteiger partial charge in [0, 0.05) is 12.6 Å². The maximum Gasteiger partial charge on any atom is 0.103 e. The van der Waals surface area contributed by atoms with Crippen LogP contribution in [-0.2, 0) is 0 Å². The van der Waals surface area contributed by atoms with E-state index in [-0.39, 0.29) is 0 Å². The normalized spacial score (nSPS) is 31.1. The Bertz CT molecular complexity index is 119. The topological polar surface area (TPSA) is 3.24 Å². The van der Waals surface area contributed by atoms with Gasteiger partial charge in [0.2, 0.25) is 0 Å². The lowest BCUT2D eigenvalue weighted by Gasteiger charge is -2.38. The van der Waals surface area contributed by atoms with Crippen LogP contribution in [0.2, 0.25) is 0 Å². The number of nitrogens with zero attached hydrogens (tertiary/aromatic N) is 1. The van der Waals surface area contributed by atoms with Crippen molar-refractivity contribution in [2.75, 3.05) is 13.6 Å². The number of alkyl halides is 1. The van der Waals surface area contributed by atoms with Gasteiger partial charge in [0.05, 0.1) is 0 Å². The molecule has 0 heterocycles. The predicted molar refractivity (Wildman–Crippen MR) is 45.4 cm³/mol. The lowest BCUT2D eigenvalue weighted by Crippen LogP contribution is -2.44. The van der Waals surface area contributed by atoms with Gasteiger partial charge < -0.3 is 4.90 Å². The second-order valence-electron chi connectivity index (χ2n) is 4.06. The van der Waals surface area contributed by atoms with E-state index >= 15 is 0 Å². The van der Waals surface area contributed by atoms with Crippen LogP contribution >= 0.6 is 0 Å². The van der Waals surface area contributed by atoms with E-state index in [0.29, 0.717) is 12.0 Å². The van der Waals surface area contributed by atoms with Crippen molar-refractivity contribution < 1.29 is 4.39 Å². The molecule has 0 aromatic rings. The molecule has 66 valence electrons. The van der Waals surface area contributed by atoms with Crippen molar-refractivity contribution in [3.8, 4) is 0 Å². The first-order valence-corrected chi connectivity index (χ1v) is 4.44. The third-order valence-corrected chi connectivity index (χ3v) is 2.33. The van der Waals surface area contributed by atoms with Crippen LogP contribution in [0.4, 0.5) is 4.39 Å². The first-order chi connectivity index (χ1) is 5.09. The van der Waals surface area contributed by atoms with Crippen LogP contribution in [0.25, 0.3) is 0 Å². The summed E-state index contributed by atoms with van der Waals surface area (Å²) in [5.74, 6) is 0.693. The molecule has 0 unspecified atom stereocenters. The molecule has 0 N–H and O–H groups in total. The Morgan fingerprint density at radius 3 is 2.36 bits per heavy atom. The van der Waals surface area contributed by atoms with E-state index in [0.717, 1.165) is 19.4 Å². The molecule has 0 atom stereocenters. The molecule has 1 rings (SSSR count). The number of hydrogen-bond acceptors (Lipinski definition) is 1. The molecule has 0 amide bonds. The van der Waals surface area contributed by atoms with Crippen LogP contribution in [0.15, 0.2) is 0 Å². The van der Waals surface area contributed by atoms with E-state index < -0.39 is 6.17 Å². The first-order valence-electron chi connectivity index (χ1n) is 4.44. The molecule has 1 nitrogen and oxygen atoms in total. The minimum atomic E-state index is -0.519. The Balaban J connectivity index is 2.16. The number of hydrogen-bond donors (Lipinski definition) is 0. The van der Waals surface area contributed by atoms with E-state index in [1.54, 1.807) is 0 Å². The standard InChI is InChI=1S/C9H18FN/c1-7(2)6-11(3)9-4-8(10)5-9/h7-9H,4-6H2,1-3H3. The fraction of sp³-hybridized carbons (Fsp3) is 1.00. The average molecular weight is 159 g/mol. The van der Waals surface area contributed by atoms with E-state index in [1.807, 2.05) is 0 Å². The highest BCUT2D eigenvalue weighted by atomic mass is 19.1. The van der Waals surface area contributed by atoms with Gasteiger partial charge in [-0.25, -0.2) is 4.39 Å². The van der Waals surface area contributed by atoms with Gasteiger partial charge in [-0.2, -0.15) is 0 Å². The maximum atomic E-state index is 12.4. The zero-order valence-electron chi connectivity index (χ0n) is 7.68. The van der Waals surface area contributed by atoms with Crippen LogP contribution in [-0.4, -0.2) is 30.7 Å². The van der Waals surface area contributed by atoms with Crippen molar-refractivity contribution in [3.63, 3.8) is 0 Å². The Labute approximate surface area is 68.6 Å². The second kappa shape index (κ2) is 3.53. The van der Waals surface area contributed by atoms with Crippen molar-refractivity contribution in [2.24, 2.45) is 5.92 Å². The zero-order valence-corrected chi connectivity index (χ0v) is 7.68. The highest BCUT2D eigenvalue weighted by molar-refractivity contribution is 4.85. The molecule has 0 aliphatic heterocycles. The summed E-state index contributed by atoms with van der Waals surface area (Å²) in [6, 6.07) is 0.521. The minimum Gasteiger partial charge on any atom is -0.303 e. The smallest absolute Gasteiger partial charge is 0.103 e. The third-order valence-electron chi connectivity index (χ3n) is 2.33. The number of rotatable bonds is 3. The minimum absolute atomic E-state index is 0.519. The quantitative estimate of drug-likeness (QED) is 0.609. The fourth-order valence-electron chi connectivity index (χ4n) is 1.61. The summed E-state index contributed by atoms with van der Waals surface area (Å²) < 4.78 is 12.4. The van der Waals surface area contributed by atoms with E-state index in [2.05, 4.69) is 25.8 Å². The zero-order chi connectivity index (χ0) is 8.43. The summed E-state index contributed by atoms with van der Waals surface area (Å²) in [5, 5.41) is 0. The molecule has 1 aliphatic rings. The molecule has 0 radical (unpaired) electrons. The summed E-state index contributed by atoms with van der Waals surface area (Å²) in [5.41, 5.74) is 0. The van der Waals surface area contributed by atoms with Crippen molar-refractivity contribution in [1.82, 2.24) is 4.90 Å². The molecular formula is C9H18FN. The van der Waals surface area contributed by atoms with Gasteiger partial charge in [-0.05, 0) is 25.8 Å². The summed E-state index contributed by atoms with van der Waals surface area (Å²) in [4.78, 5) is 2.28. The Hall–Kier alpha value is -0.110. The van der Waals surface area contributed by atoms with Crippen molar-refractivity contribution in [1.29, 1.82) is 0 Å². The Morgan fingerprint density at radius 2 is 2.00 bits per heavy atom. The maximum absolute atomic E-state index is 12.4. The first kappa shape index (κ1) is 8.98. The SMILES string of the molecule is CC(C)CN(C)C1CC(F)C1. The van der Waals surface area contributed by atoms with E-state index in [1.165, 1.54) is 0 Å². The largest absolute Gasteiger partial charge is 0.303 e. The highest BCUT2D eigenvalue weighted by Crippen LogP contribution is 2.27. The van der Waals surface area contributed by atoms with Crippen LogP contribution in [0.3, 0.4) is 0 Å². The highest BCUT2D eigenvalue weighted by Gasteiger charge is 2.31. The van der Waals surface area contributed by atoms with Crippen LogP contribution in [0.5, 0.6) is 0 Å². The lowest BCUT2D eigenvalue weighted by molar-refractivity contribution is 0.0647. The molecule has 0 saturated heterocycles. The van der Waals surface area contributed by atoms with Crippen LogP contribution in [0, 0.1) is 5.92 Å². The molecule has 1 aliphatic carbocycles. The van der Waals surface area contributed by atoms with E-state index in [4.69, 9.17) is 0 Å². The fourth-order valence-corrected chi connectivity index (χ4v) is 1.61. The van der Waals surface area contributed by atoms with Gasteiger partial charge in [-0.3, -0.25) is 0 Å². The van der Waals surface area contributed by atoms with Gasteiger partial charge in [0.15, 0.2) is 0 Å². The molecule has 1 fully saturated rings.